The number of aromatic nitrogens is 5. The lowest BCUT2D eigenvalue weighted by Crippen LogP contribution is -2.49. The van der Waals surface area contributed by atoms with E-state index in [0.29, 0.717) is 6.42 Å². The van der Waals surface area contributed by atoms with Crippen molar-refractivity contribution in [2.75, 3.05) is 10.1 Å². The maximum atomic E-state index is 10.1. The van der Waals surface area contributed by atoms with Crippen LogP contribution in [0.3, 0.4) is 0 Å². The molecule has 26 heavy (non-hydrogen) atoms. The zero-order valence-corrected chi connectivity index (χ0v) is 13.8. The fraction of sp³-hybridized carbons (Fsp3) is 0.294. The molecular formula is C17H16N8O. The van der Waals surface area contributed by atoms with E-state index in [1.807, 2.05) is 39.2 Å². The molecule has 0 radical (unpaired) electrons. The van der Waals surface area contributed by atoms with E-state index in [9.17, 15) is 5.11 Å². The van der Waals surface area contributed by atoms with E-state index in [2.05, 4.69) is 32.4 Å². The molecule has 1 saturated carbocycles. The quantitative estimate of drug-likeness (QED) is 0.758. The Morgan fingerprint density at radius 2 is 2.12 bits per heavy atom. The van der Waals surface area contributed by atoms with Crippen LogP contribution < -0.4 is 10.1 Å². The van der Waals surface area contributed by atoms with E-state index in [1.54, 1.807) is 17.5 Å². The first-order valence-electron chi connectivity index (χ1n) is 8.59. The van der Waals surface area contributed by atoms with Crippen molar-refractivity contribution in [3.63, 3.8) is 0 Å². The number of anilines is 1. The third-order valence-corrected chi connectivity index (χ3v) is 5.17. The molecular weight excluding hydrogens is 332 g/mol. The SMILES string of the molecule is OC1(Cc2cn(N3C=NC4c5ccccc5-n5cncc5N43)nn2)CC1. The molecule has 1 fully saturated rings. The van der Waals surface area contributed by atoms with Gasteiger partial charge in [0.15, 0.2) is 12.0 Å². The molecule has 130 valence electrons. The van der Waals surface area contributed by atoms with Gasteiger partial charge in [0.25, 0.3) is 0 Å². The van der Waals surface area contributed by atoms with Gasteiger partial charge in [0.05, 0.1) is 29.4 Å². The molecule has 3 aromatic rings. The molecule has 9 heteroatoms. The molecule has 2 aliphatic heterocycles. The molecule has 4 heterocycles. The van der Waals surface area contributed by atoms with Crippen LogP contribution in [0.5, 0.6) is 0 Å². The van der Waals surface area contributed by atoms with E-state index in [1.165, 1.54) is 0 Å². The lowest BCUT2D eigenvalue weighted by molar-refractivity contribution is 0.149. The van der Waals surface area contributed by atoms with Gasteiger partial charge in [-0.25, -0.2) is 15.0 Å². The van der Waals surface area contributed by atoms with Crippen molar-refractivity contribution in [3.8, 4) is 5.69 Å². The number of benzene rings is 1. The molecule has 1 N–H and O–H groups in total. The van der Waals surface area contributed by atoms with Crippen molar-refractivity contribution in [1.82, 2.24) is 24.7 Å². The smallest absolute Gasteiger partial charge is 0.173 e. The molecule has 1 unspecified atom stereocenters. The van der Waals surface area contributed by atoms with Crippen molar-refractivity contribution in [2.24, 2.45) is 4.99 Å². The summed E-state index contributed by atoms with van der Waals surface area (Å²) in [5.41, 5.74) is 2.36. The summed E-state index contributed by atoms with van der Waals surface area (Å²) < 4.78 is 2.04. The number of rotatable bonds is 3. The van der Waals surface area contributed by atoms with Crippen LogP contribution in [-0.2, 0) is 6.42 Å². The predicted molar refractivity (Wildman–Crippen MR) is 93.4 cm³/mol. The normalized spacial score (nSPS) is 21.5. The molecule has 1 aliphatic carbocycles. The van der Waals surface area contributed by atoms with Gasteiger partial charge in [-0.05, 0) is 24.1 Å². The number of nitrogens with zero attached hydrogens (tertiary/aromatic N) is 8. The number of imidazole rings is 1. The van der Waals surface area contributed by atoms with E-state index >= 15 is 0 Å². The van der Waals surface area contributed by atoms with E-state index in [-0.39, 0.29) is 6.17 Å². The van der Waals surface area contributed by atoms with Gasteiger partial charge in [0.1, 0.15) is 12.7 Å². The zero-order valence-electron chi connectivity index (χ0n) is 13.8. The summed E-state index contributed by atoms with van der Waals surface area (Å²) in [6.45, 7) is 0. The lowest BCUT2D eigenvalue weighted by atomic mass is 10.1. The van der Waals surface area contributed by atoms with Crippen LogP contribution in [-0.4, -0.2) is 41.7 Å². The highest BCUT2D eigenvalue weighted by Crippen LogP contribution is 2.41. The summed E-state index contributed by atoms with van der Waals surface area (Å²) in [6.07, 6.45) is 9.22. The Hall–Kier alpha value is -3.20. The fourth-order valence-corrected chi connectivity index (χ4v) is 3.64. The summed E-state index contributed by atoms with van der Waals surface area (Å²) in [5, 5.41) is 22.4. The predicted octanol–water partition coefficient (Wildman–Crippen LogP) is 0.945. The molecule has 6 rings (SSSR count). The first-order chi connectivity index (χ1) is 12.7. The Kier molecular flexibility index (Phi) is 2.53. The van der Waals surface area contributed by atoms with Crippen LogP contribution in [0.15, 0.2) is 48.0 Å². The number of aliphatic imine (C=N–C) groups is 1. The van der Waals surface area contributed by atoms with Gasteiger partial charge in [-0.3, -0.25) is 4.57 Å². The minimum absolute atomic E-state index is 0.171. The molecule has 0 bridgehead atoms. The van der Waals surface area contributed by atoms with Crippen LogP contribution in [0.2, 0.25) is 0 Å². The molecule has 0 amide bonds. The maximum Gasteiger partial charge on any atom is 0.173 e. The minimum atomic E-state index is -0.592. The fourth-order valence-electron chi connectivity index (χ4n) is 3.64. The molecule has 1 atom stereocenters. The van der Waals surface area contributed by atoms with Gasteiger partial charge < -0.3 is 5.11 Å². The number of para-hydroxylation sites is 1. The molecule has 0 saturated heterocycles. The van der Waals surface area contributed by atoms with Gasteiger partial charge in [-0.15, -0.1) is 9.89 Å². The maximum absolute atomic E-state index is 10.1. The van der Waals surface area contributed by atoms with Crippen LogP contribution >= 0.6 is 0 Å². The standard InChI is InChI=1S/C17H16N8O/c26-17(5-6-17)7-12-9-23(21-20-12)24-11-19-16-13-3-1-2-4-14(13)22-10-18-8-15(22)25(16)24/h1-4,8-11,16,26H,5-7H2. The molecule has 2 aromatic heterocycles. The van der Waals surface area contributed by atoms with Crippen molar-refractivity contribution in [3.05, 3.63) is 54.2 Å². The Labute approximate surface area is 148 Å². The topological polar surface area (TPSA) is 87.6 Å². The Morgan fingerprint density at radius 3 is 3.00 bits per heavy atom. The number of fused-ring (bicyclic) bond motifs is 6. The molecule has 0 spiro atoms. The molecule has 1 aromatic carbocycles. The second kappa shape index (κ2) is 4.70. The highest BCUT2D eigenvalue weighted by Gasteiger charge is 2.42. The number of hydrogen-bond donors (Lipinski definition) is 1. The van der Waals surface area contributed by atoms with Crippen molar-refractivity contribution < 1.29 is 5.11 Å². The minimum Gasteiger partial charge on any atom is -0.389 e. The van der Waals surface area contributed by atoms with Gasteiger partial charge in [0, 0.05) is 12.0 Å². The average molecular weight is 348 g/mol. The monoisotopic (exact) mass is 348 g/mol. The van der Waals surface area contributed by atoms with Crippen molar-refractivity contribution >= 4 is 12.2 Å². The third-order valence-electron chi connectivity index (χ3n) is 5.17. The van der Waals surface area contributed by atoms with Crippen LogP contribution in [0.25, 0.3) is 5.69 Å². The highest BCUT2D eigenvalue weighted by atomic mass is 16.3. The van der Waals surface area contributed by atoms with Crippen LogP contribution in [0.1, 0.15) is 30.3 Å². The van der Waals surface area contributed by atoms with Crippen molar-refractivity contribution in [2.45, 2.75) is 31.0 Å². The second-order valence-corrected chi connectivity index (χ2v) is 7.02. The summed E-state index contributed by atoms with van der Waals surface area (Å²) in [7, 11) is 0. The number of hydrogen-bond acceptors (Lipinski definition) is 7. The van der Waals surface area contributed by atoms with E-state index in [0.717, 1.165) is 35.6 Å². The van der Waals surface area contributed by atoms with Gasteiger partial charge >= 0.3 is 0 Å². The first-order valence-corrected chi connectivity index (χ1v) is 8.59. The van der Waals surface area contributed by atoms with Crippen LogP contribution in [0.4, 0.5) is 5.82 Å². The molecule has 3 aliphatic rings. The van der Waals surface area contributed by atoms with Crippen LogP contribution in [0, 0.1) is 0 Å². The Balaban J connectivity index is 1.40. The Morgan fingerprint density at radius 1 is 1.23 bits per heavy atom. The average Bonchev–Trinajstić information content (AvgIpc) is 3.11. The first kappa shape index (κ1) is 14.0. The van der Waals surface area contributed by atoms with E-state index < -0.39 is 5.60 Å². The van der Waals surface area contributed by atoms with Gasteiger partial charge in [-0.2, -0.15) is 5.12 Å². The van der Waals surface area contributed by atoms with Gasteiger partial charge in [-0.1, -0.05) is 18.2 Å². The summed E-state index contributed by atoms with van der Waals surface area (Å²) in [4.78, 5) is 10.6. The lowest BCUT2D eigenvalue weighted by Gasteiger charge is -2.36. The number of aliphatic hydroxyl groups is 1. The van der Waals surface area contributed by atoms with Gasteiger partial charge in [0.2, 0.25) is 0 Å². The highest BCUT2D eigenvalue weighted by molar-refractivity contribution is 5.78. The van der Waals surface area contributed by atoms with Crippen molar-refractivity contribution in [1.29, 1.82) is 0 Å². The van der Waals surface area contributed by atoms with E-state index in [4.69, 9.17) is 0 Å². The largest absolute Gasteiger partial charge is 0.389 e. The Bertz CT molecular complexity index is 1030. The number of hydrazine groups is 1. The third kappa shape index (κ3) is 1.88. The second-order valence-electron chi connectivity index (χ2n) is 7.02. The summed E-state index contributed by atoms with van der Waals surface area (Å²) in [6, 6.07) is 8.17. The summed E-state index contributed by atoms with van der Waals surface area (Å²) >= 11 is 0. The zero-order chi connectivity index (χ0) is 17.3. The summed E-state index contributed by atoms with van der Waals surface area (Å²) in [5.74, 6) is 0.907. The molecule has 9 nitrogen and oxygen atoms in total.